The second-order valence-electron chi connectivity index (χ2n) is 3.48. The molecule has 0 spiro atoms. The lowest BCUT2D eigenvalue weighted by Gasteiger charge is -2.20. The van der Waals surface area contributed by atoms with Crippen LogP contribution in [0.25, 0.3) is 0 Å². The van der Waals surface area contributed by atoms with E-state index in [9.17, 15) is 0 Å². The second kappa shape index (κ2) is 4.91. The molecule has 0 aliphatic carbocycles. The first-order chi connectivity index (χ1) is 7.42. The summed E-state index contributed by atoms with van der Waals surface area (Å²) < 4.78 is 16.6. The van der Waals surface area contributed by atoms with E-state index in [0.29, 0.717) is 13.2 Å². The molecule has 0 unspecified atom stereocenters. The molecule has 15 heavy (non-hydrogen) atoms. The maximum Gasteiger partial charge on any atom is 0.203 e. The first-order valence-corrected chi connectivity index (χ1v) is 5.43. The number of fused-ring (bicyclic) bond motifs is 1. The zero-order valence-corrected chi connectivity index (χ0v) is 8.99. The molecule has 0 amide bonds. The third kappa shape index (κ3) is 2.35. The van der Waals surface area contributed by atoms with Crippen LogP contribution in [0.1, 0.15) is 19.8 Å². The molecule has 82 valence electrons. The molecule has 0 saturated carbocycles. The molecule has 3 nitrogen and oxygen atoms in total. The minimum Gasteiger partial charge on any atom is -0.490 e. The van der Waals surface area contributed by atoms with E-state index in [4.69, 9.17) is 14.2 Å². The topological polar surface area (TPSA) is 27.7 Å². The molecule has 1 aliphatic rings. The Hall–Kier alpha value is -1.38. The van der Waals surface area contributed by atoms with Gasteiger partial charge in [-0.1, -0.05) is 19.4 Å². The van der Waals surface area contributed by atoms with Crippen LogP contribution in [-0.4, -0.2) is 19.8 Å². The smallest absolute Gasteiger partial charge is 0.203 e. The van der Waals surface area contributed by atoms with Crippen molar-refractivity contribution >= 4 is 0 Å². The Morgan fingerprint density at radius 2 is 2.13 bits per heavy atom. The summed E-state index contributed by atoms with van der Waals surface area (Å²) in [6.07, 6.45) is 2.19. The molecule has 1 aliphatic heterocycles. The zero-order valence-electron chi connectivity index (χ0n) is 8.99. The average Bonchev–Trinajstić information content (AvgIpc) is 2.30. The summed E-state index contributed by atoms with van der Waals surface area (Å²) in [5, 5.41) is 0. The van der Waals surface area contributed by atoms with Crippen LogP contribution in [0.5, 0.6) is 17.2 Å². The maximum absolute atomic E-state index is 5.64. The summed E-state index contributed by atoms with van der Waals surface area (Å²) in [4.78, 5) is 0. The van der Waals surface area contributed by atoms with Gasteiger partial charge in [-0.2, -0.15) is 0 Å². The monoisotopic (exact) mass is 208 g/mol. The van der Waals surface area contributed by atoms with Crippen molar-refractivity contribution in [3.05, 3.63) is 18.2 Å². The Bertz CT molecular complexity index is 323. The number of hydrogen-bond donors (Lipinski definition) is 0. The molecule has 0 N–H and O–H groups in total. The third-order valence-electron chi connectivity index (χ3n) is 2.29. The fraction of sp³-hybridized carbons (Fsp3) is 0.500. The van der Waals surface area contributed by atoms with Crippen molar-refractivity contribution in [2.75, 3.05) is 19.8 Å². The van der Waals surface area contributed by atoms with Crippen molar-refractivity contribution in [3.8, 4) is 17.2 Å². The van der Waals surface area contributed by atoms with Gasteiger partial charge in [0.15, 0.2) is 11.5 Å². The Morgan fingerprint density at radius 1 is 1.27 bits per heavy atom. The Kier molecular flexibility index (Phi) is 3.33. The molecule has 0 fully saturated rings. The van der Waals surface area contributed by atoms with Crippen molar-refractivity contribution in [2.45, 2.75) is 19.8 Å². The number of hydrogen-bond acceptors (Lipinski definition) is 3. The molecule has 0 bridgehead atoms. The van der Waals surface area contributed by atoms with E-state index in [2.05, 4.69) is 6.92 Å². The van der Waals surface area contributed by atoms with Gasteiger partial charge in [0.25, 0.3) is 0 Å². The van der Waals surface area contributed by atoms with Gasteiger partial charge in [-0.05, 0) is 18.6 Å². The van der Waals surface area contributed by atoms with Crippen LogP contribution in [0.3, 0.4) is 0 Å². The molecule has 2 rings (SSSR count). The van der Waals surface area contributed by atoms with E-state index >= 15 is 0 Å². The number of benzene rings is 1. The summed E-state index contributed by atoms with van der Waals surface area (Å²) in [6.45, 7) is 4.09. The van der Waals surface area contributed by atoms with Crippen LogP contribution in [0.2, 0.25) is 0 Å². The summed E-state index contributed by atoms with van der Waals surface area (Å²) in [5.41, 5.74) is 0. The normalized spacial score (nSPS) is 13.7. The molecule has 1 heterocycles. The van der Waals surface area contributed by atoms with Gasteiger partial charge in [0.1, 0.15) is 13.2 Å². The summed E-state index contributed by atoms with van der Waals surface area (Å²) in [5.74, 6) is 2.33. The molecule has 0 saturated heterocycles. The van der Waals surface area contributed by atoms with E-state index in [1.165, 1.54) is 0 Å². The van der Waals surface area contributed by atoms with Gasteiger partial charge in [-0.15, -0.1) is 0 Å². The predicted octanol–water partition coefficient (Wildman–Crippen LogP) is 2.64. The lowest BCUT2D eigenvalue weighted by Crippen LogP contribution is -2.16. The number of ether oxygens (including phenoxy) is 3. The highest BCUT2D eigenvalue weighted by atomic mass is 16.6. The first-order valence-electron chi connectivity index (χ1n) is 5.43. The minimum absolute atomic E-state index is 0.598. The maximum atomic E-state index is 5.64. The largest absolute Gasteiger partial charge is 0.490 e. The van der Waals surface area contributed by atoms with Crippen LogP contribution in [-0.2, 0) is 0 Å². The molecule has 1 aromatic rings. The number of unbranched alkanes of at least 4 members (excludes halogenated alkanes) is 1. The van der Waals surface area contributed by atoms with Crippen LogP contribution in [0.4, 0.5) is 0 Å². The quantitative estimate of drug-likeness (QED) is 0.712. The van der Waals surface area contributed by atoms with Gasteiger partial charge < -0.3 is 14.2 Å². The van der Waals surface area contributed by atoms with Crippen molar-refractivity contribution in [3.63, 3.8) is 0 Å². The molecule has 0 aromatic heterocycles. The van der Waals surface area contributed by atoms with Gasteiger partial charge in [0.05, 0.1) is 6.61 Å². The number of rotatable bonds is 4. The standard InChI is InChI=1S/C12H16O3/c1-2-3-7-13-10-5-4-6-11-12(10)15-9-8-14-11/h4-6H,2-3,7-9H2,1H3. The molecule has 0 atom stereocenters. The fourth-order valence-electron chi connectivity index (χ4n) is 1.49. The SMILES string of the molecule is CCCCOc1cccc2c1OCCO2. The van der Waals surface area contributed by atoms with Crippen molar-refractivity contribution in [2.24, 2.45) is 0 Å². The van der Waals surface area contributed by atoms with Crippen LogP contribution < -0.4 is 14.2 Å². The van der Waals surface area contributed by atoms with Gasteiger partial charge in [0, 0.05) is 0 Å². The first kappa shape index (κ1) is 10.1. The molecular weight excluding hydrogens is 192 g/mol. The van der Waals surface area contributed by atoms with Crippen LogP contribution in [0.15, 0.2) is 18.2 Å². The average molecular weight is 208 g/mol. The zero-order chi connectivity index (χ0) is 10.5. The Balaban J connectivity index is 2.09. The summed E-state index contributed by atoms with van der Waals surface area (Å²) >= 11 is 0. The Morgan fingerprint density at radius 3 is 3.00 bits per heavy atom. The van der Waals surface area contributed by atoms with E-state index in [0.717, 1.165) is 36.7 Å². The van der Waals surface area contributed by atoms with Gasteiger partial charge in [-0.3, -0.25) is 0 Å². The highest BCUT2D eigenvalue weighted by Crippen LogP contribution is 2.38. The third-order valence-corrected chi connectivity index (χ3v) is 2.29. The van der Waals surface area contributed by atoms with E-state index < -0.39 is 0 Å². The van der Waals surface area contributed by atoms with E-state index in [1.54, 1.807) is 0 Å². The van der Waals surface area contributed by atoms with Crippen LogP contribution >= 0.6 is 0 Å². The van der Waals surface area contributed by atoms with Gasteiger partial charge >= 0.3 is 0 Å². The molecule has 0 radical (unpaired) electrons. The highest BCUT2D eigenvalue weighted by Gasteiger charge is 2.16. The van der Waals surface area contributed by atoms with Gasteiger partial charge in [0.2, 0.25) is 5.75 Å². The second-order valence-corrected chi connectivity index (χ2v) is 3.48. The summed E-state index contributed by atoms with van der Waals surface area (Å²) in [7, 11) is 0. The molecular formula is C12H16O3. The summed E-state index contributed by atoms with van der Waals surface area (Å²) in [6, 6.07) is 5.75. The molecule has 1 aromatic carbocycles. The lowest BCUT2D eigenvalue weighted by molar-refractivity contribution is 0.161. The van der Waals surface area contributed by atoms with E-state index in [-0.39, 0.29) is 0 Å². The highest BCUT2D eigenvalue weighted by molar-refractivity contribution is 5.51. The lowest BCUT2D eigenvalue weighted by atomic mass is 10.3. The molecule has 3 heteroatoms. The fourth-order valence-corrected chi connectivity index (χ4v) is 1.49. The van der Waals surface area contributed by atoms with Crippen molar-refractivity contribution < 1.29 is 14.2 Å². The van der Waals surface area contributed by atoms with Gasteiger partial charge in [-0.25, -0.2) is 0 Å². The van der Waals surface area contributed by atoms with Crippen molar-refractivity contribution in [1.29, 1.82) is 0 Å². The minimum atomic E-state index is 0.598. The van der Waals surface area contributed by atoms with Crippen LogP contribution in [0, 0.1) is 0 Å². The van der Waals surface area contributed by atoms with Crippen molar-refractivity contribution in [1.82, 2.24) is 0 Å². The van der Waals surface area contributed by atoms with E-state index in [1.807, 2.05) is 18.2 Å². The Labute approximate surface area is 90.0 Å². The predicted molar refractivity (Wildman–Crippen MR) is 57.8 cm³/mol. The number of para-hydroxylation sites is 1.